The Morgan fingerprint density at radius 1 is 0.889 bits per heavy atom. The van der Waals surface area contributed by atoms with E-state index in [4.69, 9.17) is 10.2 Å². The van der Waals surface area contributed by atoms with E-state index in [-0.39, 0.29) is 37.4 Å². The lowest BCUT2D eigenvalue weighted by atomic mass is 10.1. The van der Waals surface area contributed by atoms with E-state index in [1.807, 2.05) is 0 Å². The molecule has 0 aromatic heterocycles. The molecule has 0 bridgehead atoms. The highest BCUT2D eigenvalue weighted by molar-refractivity contribution is 6.07. The smallest absolute Gasteiger partial charge is 0.252 e. The van der Waals surface area contributed by atoms with E-state index >= 15 is 0 Å². The van der Waals surface area contributed by atoms with Gasteiger partial charge < -0.3 is 20.8 Å². The average molecular weight is 252 g/mol. The molecule has 6 nitrogen and oxygen atoms in total. The van der Waals surface area contributed by atoms with Gasteiger partial charge in [0, 0.05) is 13.1 Å². The number of rotatable bonds is 6. The fraction of sp³-hybridized carbons (Fsp3) is 0.333. The fourth-order valence-corrected chi connectivity index (χ4v) is 1.41. The van der Waals surface area contributed by atoms with Crippen molar-refractivity contribution in [1.82, 2.24) is 10.6 Å². The van der Waals surface area contributed by atoms with Crippen molar-refractivity contribution in [2.45, 2.75) is 0 Å². The van der Waals surface area contributed by atoms with E-state index < -0.39 is 11.8 Å². The second kappa shape index (κ2) is 7.41. The Kier molecular flexibility index (Phi) is 5.83. The molecule has 0 atom stereocenters. The van der Waals surface area contributed by atoms with Gasteiger partial charge >= 0.3 is 0 Å². The number of aliphatic hydroxyl groups excluding tert-OH is 2. The number of benzene rings is 1. The molecule has 0 fully saturated rings. The van der Waals surface area contributed by atoms with E-state index in [0.29, 0.717) is 0 Å². The zero-order valence-corrected chi connectivity index (χ0v) is 9.85. The molecule has 2 amide bonds. The summed E-state index contributed by atoms with van der Waals surface area (Å²) in [5.74, 6) is -0.836. The van der Waals surface area contributed by atoms with Crippen LogP contribution < -0.4 is 10.6 Å². The Morgan fingerprint density at radius 2 is 1.28 bits per heavy atom. The van der Waals surface area contributed by atoms with Gasteiger partial charge in [0.15, 0.2) is 0 Å². The van der Waals surface area contributed by atoms with Crippen LogP contribution in [0.1, 0.15) is 20.7 Å². The van der Waals surface area contributed by atoms with Crippen LogP contribution in [-0.4, -0.2) is 48.3 Å². The highest BCUT2D eigenvalue weighted by Crippen LogP contribution is 2.08. The van der Waals surface area contributed by atoms with Crippen molar-refractivity contribution in [3.05, 3.63) is 35.4 Å². The van der Waals surface area contributed by atoms with E-state index in [1.165, 1.54) is 12.1 Å². The van der Waals surface area contributed by atoms with Crippen LogP contribution in [0.2, 0.25) is 0 Å². The first kappa shape index (κ1) is 14.1. The average Bonchev–Trinajstić information content (AvgIpc) is 2.42. The normalized spacial score (nSPS) is 9.89. The van der Waals surface area contributed by atoms with E-state index in [2.05, 4.69) is 10.6 Å². The van der Waals surface area contributed by atoms with Crippen molar-refractivity contribution in [1.29, 1.82) is 0 Å². The van der Waals surface area contributed by atoms with Gasteiger partial charge in [-0.1, -0.05) is 12.1 Å². The summed E-state index contributed by atoms with van der Waals surface area (Å²) in [5.41, 5.74) is 0.475. The quantitative estimate of drug-likeness (QED) is 0.529. The van der Waals surface area contributed by atoms with Crippen LogP contribution in [0, 0.1) is 0 Å². The molecule has 1 aromatic carbocycles. The Hall–Kier alpha value is -1.92. The Labute approximate surface area is 105 Å². The molecule has 0 spiro atoms. The minimum Gasteiger partial charge on any atom is -0.395 e. The first-order valence-corrected chi connectivity index (χ1v) is 5.58. The summed E-state index contributed by atoms with van der Waals surface area (Å²) in [6.45, 7) is -0.0634. The number of carbonyl (C=O) groups excluding carboxylic acids is 2. The van der Waals surface area contributed by atoms with Gasteiger partial charge in [0.05, 0.1) is 24.3 Å². The van der Waals surface area contributed by atoms with Gasteiger partial charge in [0.2, 0.25) is 0 Å². The number of aliphatic hydroxyl groups is 2. The van der Waals surface area contributed by atoms with Crippen LogP contribution in [0.15, 0.2) is 24.3 Å². The lowest BCUT2D eigenvalue weighted by Crippen LogP contribution is -2.31. The summed E-state index contributed by atoms with van der Waals surface area (Å²) in [6.07, 6.45) is 0. The van der Waals surface area contributed by atoms with Crippen molar-refractivity contribution in [2.75, 3.05) is 26.3 Å². The Balaban J connectivity index is 2.85. The highest BCUT2D eigenvalue weighted by Gasteiger charge is 2.15. The molecule has 1 rings (SSSR count). The standard InChI is InChI=1S/C12H16N2O4/c15-7-5-13-11(17)9-3-1-2-4-10(9)12(18)14-6-8-16/h1-4,15-16H,5-8H2,(H,13,17)(H,14,18). The predicted octanol–water partition coefficient (Wildman–Crippen LogP) is -0.869. The topological polar surface area (TPSA) is 98.7 Å². The molecule has 0 heterocycles. The first-order valence-electron chi connectivity index (χ1n) is 5.58. The summed E-state index contributed by atoms with van der Waals surface area (Å²) in [7, 11) is 0. The number of nitrogens with one attached hydrogen (secondary N) is 2. The zero-order valence-electron chi connectivity index (χ0n) is 9.85. The molecular formula is C12H16N2O4. The van der Waals surface area contributed by atoms with Crippen LogP contribution in [0.4, 0.5) is 0 Å². The summed E-state index contributed by atoms with van der Waals surface area (Å²) >= 11 is 0. The molecule has 18 heavy (non-hydrogen) atoms. The molecule has 98 valence electrons. The second-order valence-electron chi connectivity index (χ2n) is 3.50. The molecule has 0 saturated carbocycles. The molecule has 0 aliphatic heterocycles. The van der Waals surface area contributed by atoms with Crippen molar-refractivity contribution in [3.8, 4) is 0 Å². The minimum absolute atomic E-state index is 0.130. The minimum atomic E-state index is -0.418. The number of amides is 2. The van der Waals surface area contributed by atoms with E-state index in [9.17, 15) is 9.59 Å². The number of hydrogen-bond acceptors (Lipinski definition) is 4. The van der Waals surface area contributed by atoms with Gasteiger partial charge in [0.25, 0.3) is 11.8 Å². The van der Waals surface area contributed by atoms with Gasteiger partial charge in [-0.3, -0.25) is 9.59 Å². The molecule has 6 heteroatoms. The molecule has 0 unspecified atom stereocenters. The van der Waals surface area contributed by atoms with Gasteiger partial charge in [-0.05, 0) is 12.1 Å². The largest absolute Gasteiger partial charge is 0.395 e. The van der Waals surface area contributed by atoms with Gasteiger partial charge in [0.1, 0.15) is 0 Å². The maximum absolute atomic E-state index is 11.8. The highest BCUT2D eigenvalue weighted by atomic mass is 16.3. The lowest BCUT2D eigenvalue weighted by molar-refractivity contribution is 0.0911. The van der Waals surface area contributed by atoms with Crippen molar-refractivity contribution < 1.29 is 19.8 Å². The first-order chi connectivity index (χ1) is 8.70. The van der Waals surface area contributed by atoms with Crippen LogP contribution in [-0.2, 0) is 0 Å². The molecule has 0 radical (unpaired) electrons. The molecule has 4 N–H and O–H groups in total. The molecule has 1 aromatic rings. The van der Waals surface area contributed by atoms with E-state index in [0.717, 1.165) is 0 Å². The van der Waals surface area contributed by atoms with Gasteiger partial charge in [-0.2, -0.15) is 0 Å². The van der Waals surface area contributed by atoms with Crippen LogP contribution in [0.25, 0.3) is 0 Å². The fourth-order valence-electron chi connectivity index (χ4n) is 1.41. The Bertz CT molecular complexity index is 381. The third-order valence-corrected chi connectivity index (χ3v) is 2.21. The van der Waals surface area contributed by atoms with Gasteiger partial charge in [-0.25, -0.2) is 0 Å². The maximum atomic E-state index is 11.8. The maximum Gasteiger partial charge on any atom is 0.252 e. The summed E-state index contributed by atoms with van der Waals surface area (Å²) in [6, 6.07) is 6.36. The third kappa shape index (κ3) is 3.83. The molecule has 0 aliphatic carbocycles. The molecular weight excluding hydrogens is 236 g/mol. The van der Waals surface area contributed by atoms with Crippen LogP contribution in [0.3, 0.4) is 0 Å². The predicted molar refractivity (Wildman–Crippen MR) is 65.3 cm³/mol. The second-order valence-corrected chi connectivity index (χ2v) is 3.50. The molecule has 0 aliphatic rings. The van der Waals surface area contributed by atoms with Crippen molar-refractivity contribution in [3.63, 3.8) is 0 Å². The number of carbonyl (C=O) groups is 2. The van der Waals surface area contributed by atoms with Crippen molar-refractivity contribution in [2.24, 2.45) is 0 Å². The molecule has 0 saturated heterocycles. The third-order valence-electron chi connectivity index (χ3n) is 2.21. The summed E-state index contributed by atoms with van der Waals surface area (Å²) in [5, 5.41) is 22.2. The zero-order chi connectivity index (χ0) is 13.4. The number of hydrogen-bond donors (Lipinski definition) is 4. The van der Waals surface area contributed by atoms with Gasteiger partial charge in [-0.15, -0.1) is 0 Å². The lowest BCUT2D eigenvalue weighted by Gasteiger charge is -2.09. The van der Waals surface area contributed by atoms with E-state index in [1.54, 1.807) is 12.1 Å². The summed E-state index contributed by atoms with van der Waals surface area (Å²) in [4.78, 5) is 23.5. The van der Waals surface area contributed by atoms with Crippen LogP contribution in [0.5, 0.6) is 0 Å². The van der Waals surface area contributed by atoms with Crippen LogP contribution >= 0.6 is 0 Å². The summed E-state index contributed by atoms with van der Waals surface area (Å²) < 4.78 is 0. The Morgan fingerprint density at radius 3 is 1.61 bits per heavy atom. The monoisotopic (exact) mass is 252 g/mol. The van der Waals surface area contributed by atoms with Crippen molar-refractivity contribution >= 4 is 11.8 Å². The SMILES string of the molecule is O=C(NCCO)c1ccccc1C(=O)NCCO.